The fraction of sp³-hybridized carbons (Fsp3) is 0.900. The molecule has 0 bridgehead atoms. The van der Waals surface area contributed by atoms with Crippen LogP contribution in [0.2, 0.25) is 0 Å². The predicted octanol–water partition coefficient (Wildman–Crippen LogP) is 5.60. The molecular weight excluding hydrogens is 288 g/mol. The van der Waals surface area contributed by atoms with E-state index in [4.69, 9.17) is 4.74 Å². The van der Waals surface area contributed by atoms with E-state index in [9.17, 15) is 9.59 Å². The first-order valence-electron chi connectivity index (χ1n) is 9.91. The van der Waals surface area contributed by atoms with Gasteiger partial charge in [-0.3, -0.25) is 4.79 Å². The summed E-state index contributed by atoms with van der Waals surface area (Å²) < 4.78 is 5.22. The van der Waals surface area contributed by atoms with Crippen LogP contribution in [0.5, 0.6) is 0 Å². The van der Waals surface area contributed by atoms with Crippen molar-refractivity contribution in [3.63, 3.8) is 0 Å². The lowest BCUT2D eigenvalue weighted by Crippen LogP contribution is -2.06. The molecule has 1 saturated heterocycles. The molecule has 2 unspecified atom stereocenters. The Balaban J connectivity index is 1.89. The van der Waals surface area contributed by atoms with E-state index < -0.39 is 0 Å². The smallest absolute Gasteiger partial charge is 0.306 e. The Kier molecular flexibility index (Phi) is 11.9. The number of aldehydes is 1. The van der Waals surface area contributed by atoms with Crippen molar-refractivity contribution in [2.45, 2.75) is 109 Å². The number of hydrogen-bond donors (Lipinski definition) is 0. The SMILES string of the molecule is CCCCCCCCC(C=O)CCCCCCC1CCC(=O)O1. The number of carbonyl (C=O) groups excluding carboxylic acids is 2. The van der Waals surface area contributed by atoms with Gasteiger partial charge in [-0.1, -0.05) is 64.7 Å². The van der Waals surface area contributed by atoms with Crippen LogP contribution < -0.4 is 0 Å². The van der Waals surface area contributed by atoms with Gasteiger partial charge in [0.25, 0.3) is 0 Å². The Hall–Kier alpha value is -0.860. The Morgan fingerprint density at radius 1 is 1.00 bits per heavy atom. The van der Waals surface area contributed by atoms with Crippen molar-refractivity contribution in [2.24, 2.45) is 5.92 Å². The molecule has 134 valence electrons. The van der Waals surface area contributed by atoms with Gasteiger partial charge >= 0.3 is 5.97 Å². The third kappa shape index (κ3) is 10.5. The quantitative estimate of drug-likeness (QED) is 0.224. The van der Waals surface area contributed by atoms with E-state index in [0.29, 0.717) is 6.42 Å². The Morgan fingerprint density at radius 2 is 1.61 bits per heavy atom. The molecular formula is C20H36O3. The van der Waals surface area contributed by atoms with Gasteiger partial charge in [0.2, 0.25) is 0 Å². The zero-order valence-corrected chi connectivity index (χ0v) is 15.1. The average molecular weight is 325 g/mol. The standard InChI is InChI=1S/C20H36O3/c1-2-3-4-5-6-9-12-18(17-21)13-10-7-8-11-14-19-15-16-20(22)23-19/h17-19H,2-16H2,1H3. The minimum atomic E-state index is -0.0291. The summed E-state index contributed by atoms with van der Waals surface area (Å²) in [6.45, 7) is 2.24. The highest BCUT2D eigenvalue weighted by Crippen LogP contribution is 2.21. The maximum Gasteiger partial charge on any atom is 0.306 e. The fourth-order valence-corrected chi connectivity index (χ4v) is 3.39. The van der Waals surface area contributed by atoms with Crippen LogP contribution in [-0.4, -0.2) is 18.4 Å². The summed E-state index contributed by atoms with van der Waals surface area (Å²) in [6.07, 6.45) is 18.5. The summed E-state index contributed by atoms with van der Waals surface area (Å²) in [7, 11) is 0. The van der Waals surface area contributed by atoms with Crippen LogP contribution in [0.3, 0.4) is 0 Å². The topological polar surface area (TPSA) is 43.4 Å². The third-order valence-electron chi connectivity index (χ3n) is 4.94. The van der Waals surface area contributed by atoms with Crippen molar-refractivity contribution < 1.29 is 14.3 Å². The van der Waals surface area contributed by atoms with Crippen LogP contribution >= 0.6 is 0 Å². The number of hydrogen-bond acceptors (Lipinski definition) is 3. The number of rotatable bonds is 15. The summed E-state index contributed by atoms with van der Waals surface area (Å²) in [5.74, 6) is 0.246. The van der Waals surface area contributed by atoms with Crippen LogP contribution in [0.25, 0.3) is 0 Å². The van der Waals surface area contributed by atoms with E-state index in [0.717, 1.165) is 38.5 Å². The minimum Gasteiger partial charge on any atom is -0.462 e. The van der Waals surface area contributed by atoms with Crippen molar-refractivity contribution in [3.05, 3.63) is 0 Å². The first-order valence-corrected chi connectivity index (χ1v) is 9.91. The second kappa shape index (κ2) is 13.6. The van der Waals surface area contributed by atoms with Crippen LogP contribution in [0.4, 0.5) is 0 Å². The fourth-order valence-electron chi connectivity index (χ4n) is 3.39. The molecule has 2 atom stereocenters. The Bertz CT molecular complexity index is 314. The molecule has 1 aliphatic rings. The molecule has 1 rings (SSSR count). The number of carbonyl (C=O) groups is 2. The van der Waals surface area contributed by atoms with E-state index in [2.05, 4.69) is 6.92 Å². The minimum absolute atomic E-state index is 0.0291. The van der Waals surface area contributed by atoms with Crippen LogP contribution in [0, 0.1) is 5.92 Å². The molecule has 1 heterocycles. The van der Waals surface area contributed by atoms with E-state index in [-0.39, 0.29) is 18.0 Å². The average Bonchev–Trinajstić information content (AvgIpc) is 2.97. The Labute approximate surface area is 142 Å². The second-order valence-electron chi connectivity index (χ2n) is 7.09. The van der Waals surface area contributed by atoms with Crippen molar-refractivity contribution in [3.8, 4) is 0 Å². The zero-order chi connectivity index (χ0) is 16.8. The predicted molar refractivity (Wildman–Crippen MR) is 94.4 cm³/mol. The first kappa shape index (κ1) is 20.2. The third-order valence-corrected chi connectivity index (χ3v) is 4.94. The van der Waals surface area contributed by atoms with Gasteiger partial charge in [0, 0.05) is 12.3 Å². The van der Waals surface area contributed by atoms with Gasteiger partial charge in [0.05, 0.1) is 0 Å². The van der Waals surface area contributed by atoms with E-state index in [1.54, 1.807) is 0 Å². The monoisotopic (exact) mass is 324 g/mol. The highest BCUT2D eigenvalue weighted by Gasteiger charge is 2.22. The normalized spacial score (nSPS) is 18.8. The van der Waals surface area contributed by atoms with Crippen LogP contribution in [-0.2, 0) is 14.3 Å². The van der Waals surface area contributed by atoms with Gasteiger partial charge < -0.3 is 9.53 Å². The largest absolute Gasteiger partial charge is 0.462 e. The van der Waals surface area contributed by atoms with E-state index in [1.165, 1.54) is 57.7 Å². The summed E-state index contributed by atoms with van der Waals surface area (Å²) >= 11 is 0. The number of esters is 1. The second-order valence-corrected chi connectivity index (χ2v) is 7.09. The molecule has 0 aromatic carbocycles. The molecule has 0 aromatic heterocycles. The molecule has 0 spiro atoms. The highest BCUT2D eigenvalue weighted by molar-refractivity contribution is 5.71. The van der Waals surface area contributed by atoms with Gasteiger partial charge in [-0.15, -0.1) is 0 Å². The lowest BCUT2D eigenvalue weighted by atomic mass is 9.95. The van der Waals surface area contributed by atoms with Crippen molar-refractivity contribution in [2.75, 3.05) is 0 Å². The zero-order valence-electron chi connectivity index (χ0n) is 15.1. The van der Waals surface area contributed by atoms with E-state index >= 15 is 0 Å². The van der Waals surface area contributed by atoms with Gasteiger partial charge in [0.15, 0.2) is 0 Å². The van der Waals surface area contributed by atoms with E-state index in [1.807, 2.05) is 0 Å². The highest BCUT2D eigenvalue weighted by atomic mass is 16.5. The molecule has 0 amide bonds. The molecule has 23 heavy (non-hydrogen) atoms. The van der Waals surface area contributed by atoms with Gasteiger partial charge in [-0.05, 0) is 32.1 Å². The first-order chi connectivity index (χ1) is 11.3. The molecule has 3 nitrogen and oxygen atoms in total. The summed E-state index contributed by atoms with van der Waals surface area (Å²) in [5, 5.41) is 0. The maximum atomic E-state index is 11.1. The molecule has 0 saturated carbocycles. The van der Waals surface area contributed by atoms with Gasteiger partial charge in [0.1, 0.15) is 12.4 Å². The maximum absolute atomic E-state index is 11.1. The molecule has 1 aliphatic heterocycles. The molecule has 0 aliphatic carbocycles. The van der Waals surface area contributed by atoms with Crippen LogP contribution in [0.15, 0.2) is 0 Å². The number of cyclic esters (lactones) is 1. The molecule has 0 radical (unpaired) electrons. The lowest BCUT2D eigenvalue weighted by molar-refractivity contribution is -0.141. The molecule has 3 heteroatoms. The number of ether oxygens (including phenoxy) is 1. The van der Waals surface area contributed by atoms with Gasteiger partial charge in [-0.2, -0.15) is 0 Å². The molecule has 1 fully saturated rings. The number of unbranched alkanes of at least 4 members (excludes halogenated alkanes) is 8. The molecule has 0 aromatic rings. The van der Waals surface area contributed by atoms with Crippen molar-refractivity contribution in [1.82, 2.24) is 0 Å². The Morgan fingerprint density at radius 3 is 2.17 bits per heavy atom. The lowest BCUT2D eigenvalue weighted by Gasteiger charge is -2.11. The summed E-state index contributed by atoms with van der Waals surface area (Å²) in [5.41, 5.74) is 0. The molecule has 0 N–H and O–H groups in total. The van der Waals surface area contributed by atoms with Crippen molar-refractivity contribution >= 4 is 12.3 Å². The summed E-state index contributed by atoms with van der Waals surface area (Å²) in [6, 6.07) is 0. The van der Waals surface area contributed by atoms with Gasteiger partial charge in [-0.25, -0.2) is 0 Å². The van der Waals surface area contributed by atoms with Crippen LogP contribution in [0.1, 0.15) is 103 Å². The summed E-state index contributed by atoms with van der Waals surface area (Å²) in [4.78, 5) is 22.1. The van der Waals surface area contributed by atoms with Crippen molar-refractivity contribution in [1.29, 1.82) is 0 Å².